The molecule has 1 N–H and O–H groups in total. The third-order valence-corrected chi connectivity index (χ3v) is 3.09. The molecule has 2 aromatic rings. The Labute approximate surface area is 119 Å². The van der Waals surface area contributed by atoms with Crippen LogP contribution in [-0.4, -0.2) is 19.1 Å². The van der Waals surface area contributed by atoms with E-state index in [0.29, 0.717) is 12.3 Å². The maximum atomic E-state index is 11.7. The van der Waals surface area contributed by atoms with Gasteiger partial charge in [-0.2, -0.15) is 0 Å². The van der Waals surface area contributed by atoms with Gasteiger partial charge in [0.1, 0.15) is 5.75 Å². The van der Waals surface area contributed by atoms with Gasteiger partial charge in [0.25, 0.3) is 5.91 Å². The third kappa shape index (κ3) is 4.43. The second kappa shape index (κ2) is 7.34. The van der Waals surface area contributed by atoms with Crippen molar-refractivity contribution in [2.75, 3.05) is 13.2 Å². The molecular weight excluding hydrogens is 250 g/mol. The lowest BCUT2D eigenvalue weighted by molar-refractivity contribution is -0.123. The van der Waals surface area contributed by atoms with Crippen LogP contribution in [0.2, 0.25) is 0 Å². The number of rotatable bonds is 6. The van der Waals surface area contributed by atoms with Crippen molar-refractivity contribution in [3.8, 4) is 5.75 Å². The highest BCUT2D eigenvalue weighted by atomic mass is 16.5. The van der Waals surface area contributed by atoms with E-state index < -0.39 is 0 Å². The number of amides is 1. The van der Waals surface area contributed by atoms with Gasteiger partial charge in [0.2, 0.25) is 0 Å². The minimum atomic E-state index is -0.100. The van der Waals surface area contributed by atoms with Crippen LogP contribution in [0.4, 0.5) is 0 Å². The van der Waals surface area contributed by atoms with E-state index in [1.54, 1.807) is 0 Å². The van der Waals surface area contributed by atoms with Gasteiger partial charge in [-0.3, -0.25) is 4.79 Å². The number of hydrogen-bond acceptors (Lipinski definition) is 2. The van der Waals surface area contributed by atoms with Crippen LogP contribution in [0, 0.1) is 0 Å². The van der Waals surface area contributed by atoms with Gasteiger partial charge in [-0.15, -0.1) is 0 Å². The van der Waals surface area contributed by atoms with Crippen LogP contribution in [0.15, 0.2) is 60.7 Å². The molecule has 20 heavy (non-hydrogen) atoms. The topological polar surface area (TPSA) is 38.3 Å². The molecule has 0 spiro atoms. The molecule has 0 aliphatic carbocycles. The SMILES string of the molecule is CC(CNC(=O)COc1ccccc1)c1ccccc1. The maximum absolute atomic E-state index is 11.7. The summed E-state index contributed by atoms with van der Waals surface area (Å²) in [4.78, 5) is 11.7. The molecule has 0 radical (unpaired) electrons. The Bertz CT molecular complexity index is 525. The molecule has 0 heterocycles. The number of carbonyl (C=O) groups excluding carboxylic acids is 1. The molecule has 3 heteroatoms. The van der Waals surface area contributed by atoms with Crippen molar-refractivity contribution in [1.29, 1.82) is 0 Å². The summed E-state index contributed by atoms with van der Waals surface area (Å²) in [5.41, 5.74) is 1.22. The molecule has 0 aromatic heterocycles. The van der Waals surface area contributed by atoms with Gasteiger partial charge < -0.3 is 10.1 Å². The van der Waals surface area contributed by atoms with Crippen LogP contribution in [-0.2, 0) is 4.79 Å². The fourth-order valence-electron chi connectivity index (χ4n) is 1.88. The second-order valence-corrected chi connectivity index (χ2v) is 4.72. The lowest BCUT2D eigenvalue weighted by atomic mass is 10.0. The summed E-state index contributed by atoms with van der Waals surface area (Å²) in [5.74, 6) is 0.896. The molecule has 2 aromatic carbocycles. The normalized spacial score (nSPS) is 11.7. The Hall–Kier alpha value is -2.29. The minimum absolute atomic E-state index is 0.0471. The molecular formula is C17H19NO2. The van der Waals surface area contributed by atoms with Crippen molar-refractivity contribution < 1.29 is 9.53 Å². The first-order chi connectivity index (χ1) is 9.75. The van der Waals surface area contributed by atoms with Gasteiger partial charge in [0.05, 0.1) is 0 Å². The summed E-state index contributed by atoms with van der Waals surface area (Å²) in [5, 5.41) is 2.89. The molecule has 0 aliphatic heterocycles. The van der Waals surface area contributed by atoms with Gasteiger partial charge in [0.15, 0.2) is 6.61 Å². The molecule has 1 amide bonds. The van der Waals surface area contributed by atoms with Crippen LogP contribution in [0.1, 0.15) is 18.4 Å². The molecule has 0 fully saturated rings. The molecule has 104 valence electrons. The van der Waals surface area contributed by atoms with E-state index in [0.717, 1.165) is 0 Å². The third-order valence-electron chi connectivity index (χ3n) is 3.09. The van der Waals surface area contributed by atoms with Crippen LogP contribution in [0.3, 0.4) is 0 Å². The minimum Gasteiger partial charge on any atom is -0.484 e. The zero-order valence-electron chi connectivity index (χ0n) is 11.6. The number of ether oxygens (including phenoxy) is 1. The smallest absolute Gasteiger partial charge is 0.257 e. The van der Waals surface area contributed by atoms with Crippen LogP contribution in [0.25, 0.3) is 0 Å². The van der Waals surface area contributed by atoms with E-state index in [1.807, 2.05) is 48.5 Å². The Morgan fingerprint density at radius 3 is 2.30 bits per heavy atom. The molecule has 1 unspecified atom stereocenters. The van der Waals surface area contributed by atoms with E-state index in [1.165, 1.54) is 5.56 Å². The fraction of sp³-hybridized carbons (Fsp3) is 0.235. The lowest BCUT2D eigenvalue weighted by Crippen LogP contribution is -2.31. The van der Waals surface area contributed by atoms with Crippen molar-refractivity contribution >= 4 is 5.91 Å². The Morgan fingerprint density at radius 1 is 1.05 bits per heavy atom. The van der Waals surface area contributed by atoms with Crippen LogP contribution >= 0.6 is 0 Å². The van der Waals surface area contributed by atoms with Crippen molar-refractivity contribution in [2.45, 2.75) is 12.8 Å². The average molecular weight is 269 g/mol. The molecule has 3 nitrogen and oxygen atoms in total. The summed E-state index contributed by atoms with van der Waals surface area (Å²) in [6, 6.07) is 19.5. The fourth-order valence-corrected chi connectivity index (χ4v) is 1.88. The molecule has 0 saturated carbocycles. The van der Waals surface area contributed by atoms with E-state index in [9.17, 15) is 4.79 Å². The summed E-state index contributed by atoms with van der Waals surface area (Å²) in [6.45, 7) is 2.75. The zero-order valence-corrected chi connectivity index (χ0v) is 11.6. The summed E-state index contributed by atoms with van der Waals surface area (Å²) < 4.78 is 5.39. The Balaban J connectivity index is 1.73. The molecule has 0 bridgehead atoms. The first-order valence-corrected chi connectivity index (χ1v) is 6.75. The Kier molecular flexibility index (Phi) is 5.18. The monoisotopic (exact) mass is 269 g/mol. The van der Waals surface area contributed by atoms with Crippen molar-refractivity contribution in [2.24, 2.45) is 0 Å². The van der Waals surface area contributed by atoms with Gasteiger partial charge in [-0.25, -0.2) is 0 Å². The predicted molar refractivity (Wildman–Crippen MR) is 79.8 cm³/mol. The van der Waals surface area contributed by atoms with Gasteiger partial charge >= 0.3 is 0 Å². The summed E-state index contributed by atoms with van der Waals surface area (Å²) >= 11 is 0. The van der Waals surface area contributed by atoms with Crippen molar-refractivity contribution in [3.63, 3.8) is 0 Å². The first-order valence-electron chi connectivity index (χ1n) is 6.75. The van der Waals surface area contributed by atoms with Gasteiger partial charge in [-0.1, -0.05) is 55.5 Å². The number of carbonyl (C=O) groups is 1. The van der Waals surface area contributed by atoms with Gasteiger partial charge in [0, 0.05) is 6.54 Å². The molecule has 1 atom stereocenters. The maximum Gasteiger partial charge on any atom is 0.257 e. The van der Waals surface area contributed by atoms with Crippen molar-refractivity contribution in [3.05, 3.63) is 66.2 Å². The molecule has 2 rings (SSSR count). The Morgan fingerprint density at radius 2 is 1.65 bits per heavy atom. The highest BCUT2D eigenvalue weighted by Crippen LogP contribution is 2.13. The predicted octanol–water partition coefficient (Wildman–Crippen LogP) is 2.99. The number of para-hydroxylation sites is 1. The zero-order chi connectivity index (χ0) is 14.2. The molecule has 0 saturated heterocycles. The van der Waals surface area contributed by atoms with E-state index in [-0.39, 0.29) is 18.4 Å². The van der Waals surface area contributed by atoms with Gasteiger partial charge in [-0.05, 0) is 23.6 Å². The van der Waals surface area contributed by atoms with Crippen LogP contribution in [0.5, 0.6) is 5.75 Å². The first kappa shape index (κ1) is 14.1. The second-order valence-electron chi connectivity index (χ2n) is 4.72. The summed E-state index contributed by atoms with van der Waals surface area (Å²) in [7, 11) is 0. The highest BCUT2D eigenvalue weighted by molar-refractivity contribution is 5.77. The quantitative estimate of drug-likeness (QED) is 0.875. The van der Waals surface area contributed by atoms with Crippen LogP contribution < -0.4 is 10.1 Å². The number of hydrogen-bond donors (Lipinski definition) is 1. The number of nitrogens with one attached hydrogen (secondary N) is 1. The molecule has 0 aliphatic rings. The van der Waals surface area contributed by atoms with E-state index >= 15 is 0 Å². The number of benzene rings is 2. The lowest BCUT2D eigenvalue weighted by Gasteiger charge is -2.13. The van der Waals surface area contributed by atoms with E-state index in [4.69, 9.17) is 4.74 Å². The van der Waals surface area contributed by atoms with E-state index in [2.05, 4.69) is 24.4 Å². The standard InChI is InChI=1S/C17H19NO2/c1-14(15-8-4-2-5-9-15)12-18-17(19)13-20-16-10-6-3-7-11-16/h2-11,14H,12-13H2,1H3,(H,18,19). The highest BCUT2D eigenvalue weighted by Gasteiger charge is 2.07. The van der Waals surface area contributed by atoms with Crippen molar-refractivity contribution in [1.82, 2.24) is 5.32 Å². The summed E-state index contributed by atoms with van der Waals surface area (Å²) in [6.07, 6.45) is 0. The average Bonchev–Trinajstić information content (AvgIpc) is 2.52. The largest absolute Gasteiger partial charge is 0.484 e.